The lowest BCUT2D eigenvalue weighted by atomic mass is 9.99. The average Bonchev–Trinajstić information content (AvgIpc) is 3.03. The summed E-state index contributed by atoms with van der Waals surface area (Å²) in [6, 6.07) is 10.2. The van der Waals surface area contributed by atoms with E-state index in [1.54, 1.807) is 36.4 Å². The molecule has 0 saturated heterocycles. The molecule has 0 spiro atoms. The van der Waals surface area contributed by atoms with E-state index in [0.29, 0.717) is 39.3 Å². The zero-order chi connectivity index (χ0) is 17.6. The highest BCUT2D eigenvalue weighted by Crippen LogP contribution is 2.37. The number of aryl methyl sites for hydroxylation is 1. The van der Waals surface area contributed by atoms with Crippen LogP contribution in [-0.2, 0) is 4.79 Å². The van der Waals surface area contributed by atoms with Gasteiger partial charge >= 0.3 is 11.6 Å². The van der Waals surface area contributed by atoms with Crippen molar-refractivity contribution in [1.82, 2.24) is 0 Å². The summed E-state index contributed by atoms with van der Waals surface area (Å²) in [5.74, 6) is 1.22. The Morgan fingerprint density at radius 3 is 2.68 bits per heavy atom. The number of carbonyl (C=O) groups is 1. The number of hydrogen-bond acceptors (Lipinski definition) is 6. The molecule has 0 N–H and O–H groups in total. The Labute approximate surface area is 142 Å². The maximum atomic E-state index is 12.5. The molecule has 0 unspecified atom stereocenters. The van der Waals surface area contributed by atoms with Crippen LogP contribution in [0.15, 0.2) is 45.6 Å². The van der Waals surface area contributed by atoms with E-state index in [2.05, 4.69) is 0 Å². The molecule has 0 atom stereocenters. The maximum Gasteiger partial charge on any atom is 0.344 e. The van der Waals surface area contributed by atoms with Gasteiger partial charge in [0.05, 0.1) is 5.56 Å². The van der Waals surface area contributed by atoms with Crippen LogP contribution in [0.5, 0.6) is 17.2 Å². The van der Waals surface area contributed by atoms with Gasteiger partial charge in [-0.1, -0.05) is 6.07 Å². The second-order valence-corrected chi connectivity index (χ2v) is 5.71. The smallest absolute Gasteiger partial charge is 0.344 e. The Morgan fingerprint density at radius 2 is 1.88 bits per heavy atom. The van der Waals surface area contributed by atoms with Gasteiger partial charge in [0.1, 0.15) is 11.3 Å². The van der Waals surface area contributed by atoms with Gasteiger partial charge < -0.3 is 18.6 Å². The van der Waals surface area contributed by atoms with Gasteiger partial charge in [0.25, 0.3) is 0 Å². The van der Waals surface area contributed by atoms with Crippen LogP contribution in [-0.4, -0.2) is 12.8 Å². The third-order valence-corrected chi connectivity index (χ3v) is 4.06. The lowest BCUT2D eigenvalue weighted by Gasteiger charge is -2.10. The van der Waals surface area contributed by atoms with Crippen molar-refractivity contribution >= 4 is 16.9 Å². The van der Waals surface area contributed by atoms with Crippen LogP contribution < -0.4 is 19.8 Å². The Kier molecular flexibility index (Phi) is 3.46. The molecule has 6 heteroatoms. The molecule has 126 valence electrons. The van der Waals surface area contributed by atoms with Gasteiger partial charge in [-0.3, -0.25) is 4.79 Å². The first-order chi connectivity index (χ1) is 12.0. The minimum Gasteiger partial charge on any atom is -0.454 e. The molecule has 25 heavy (non-hydrogen) atoms. The maximum absolute atomic E-state index is 12.5. The number of fused-ring (bicyclic) bond motifs is 2. The highest BCUT2D eigenvalue weighted by molar-refractivity contribution is 5.88. The summed E-state index contributed by atoms with van der Waals surface area (Å²) < 4.78 is 21.2. The van der Waals surface area contributed by atoms with Crippen LogP contribution in [0.2, 0.25) is 0 Å². The predicted molar refractivity (Wildman–Crippen MR) is 90.1 cm³/mol. The van der Waals surface area contributed by atoms with Crippen LogP contribution in [0.4, 0.5) is 0 Å². The van der Waals surface area contributed by atoms with Gasteiger partial charge in [0.2, 0.25) is 6.79 Å². The topological polar surface area (TPSA) is 75.0 Å². The summed E-state index contributed by atoms with van der Waals surface area (Å²) in [4.78, 5) is 23.7. The number of benzene rings is 2. The van der Waals surface area contributed by atoms with E-state index >= 15 is 0 Å². The van der Waals surface area contributed by atoms with Crippen LogP contribution in [0.1, 0.15) is 12.5 Å². The van der Waals surface area contributed by atoms with Crippen molar-refractivity contribution in [2.24, 2.45) is 0 Å². The number of carbonyl (C=O) groups excluding carboxylic acids is 1. The quantitative estimate of drug-likeness (QED) is 0.405. The van der Waals surface area contributed by atoms with E-state index in [1.165, 1.54) is 6.92 Å². The Bertz CT molecular complexity index is 1060. The van der Waals surface area contributed by atoms with Crippen LogP contribution in [0, 0.1) is 6.92 Å². The summed E-state index contributed by atoms with van der Waals surface area (Å²) in [5, 5.41) is 0.700. The van der Waals surface area contributed by atoms with E-state index in [4.69, 9.17) is 18.6 Å². The third-order valence-electron chi connectivity index (χ3n) is 4.06. The first-order valence-electron chi connectivity index (χ1n) is 7.69. The standard InChI is InChI=1S/C19H14O6/c1-10-14-8-13(24-11(2)20)4-6-15(14)25-19(21)18(10)12-3-5-16-17(7-12)23-9-22-16/h3-8H,9H2,1-2H3. The average molecular weight is 338 g/mol. The fourth-order valence-corrected chi connectivity index (χ4v) is 2.95. The van der Waals surface area contributed by atoms with Crippen molar-refractivity contribution in [2.75, 3.05) is 6.79 Å². The van der Waals surface area contributed by atoms with Crippen molar-refractivity contribution in [1.29, 1.82) is 0 Å². The zero-order valence-electron chi connectivity index (χ0n) is 13.6. The second kappa shape index (κ2) is 5.66. The molecular formula is C19H14O6. The summed E-state index contributed by atoms with van der Waals surface area (Å²) in [6.45, 7) is 3.33. The van der Waals surface area contributed by atoms with Crippen molar-refractivity contribution in [3.05, 3.63) is 52.4 Å². The number of rotatable bonds is 2. The van der Waals surface area contributed by atoms with E-state index in [0.717, 1.165) is 5.56 Å². The Hall–Kier alpha value is -3.28. The third kappa shape index (κ3) is 2.61. The summed E-state index contributed by atoms with van der Waals surface area (Å²) in [5.41, 5.74) is 1.84. The molecule has 3 aromatic rings. The van der Waals surface area contributed by atoms with Gasteiger partial charge in [0, 0.05) is 12.3 Å². The largest absolute Gasteiger partial charge is 0.454 e. The van der Waals surface area contributed by atoms with Gasteiger partial charge in [-0.15, -0.1) is 0 Å². The summed E-state index contributed by atoms with van der Waals surface area (Å²) in [7, 11) is 0. The van der Waals surface area contributed by atoms with E-state index < -0.39 is 11.6 Å². The molecule has 0 saturated carbocycles. The molecule has 0 amide bonds. The summed E-state index contributed by atoms with van der Waals surface area (Å²) >= 11 is 0. The molecular weight excluding hydrogens is 324 g/mol. The summed E-state index contributed by atoms with van der Waals surface area (Å²) in [6.07, 6.45) is 0. The minimum absolute atomic E-state index is 0.163. The molecule has 4 rings (SSSR count). The fraction of sp³-hybridized carbons (Fsp3) is 0.158. The van der Waals surface area contributed by atoms with E-state index in [9.17, 15) is 9.59 Å². The lowest BCUT2D eigenvalue weighted by molar-refractivity contribution is -0.131. The lowest BCUT2D eigenvalue weighted by Crippen LogP contribution is -2.06. The second-order valence-electron chi connectivity index (χ2n) is 5.71. The molecule has 0 fully saturated rings. The predicted octanol–water partition coefficient (Wildman–Crippen LogP) is 3.42. The fourth-order valence-electron chi connectivity index (χ4n) is 2.95. The van der Waals surface area contributed by atoms with Crippen LogP contribution in [0.25, 0.3) is 22.1 Å². The number of hydrogen-bond donors (Lipinski definition) is 0. The van der Waals surface area contributed by atoms with Gasteiger partial charge in [-0.2, -0.15) is 0 Å². The highest BCUT2D eigenvalue weighted by atomic mass is 16.7. The molecule has 0 aliphatic carbocycles. The Morgan fingerprint density at radius 1 is 1.08 bits per heavy atom. The van der Waals surface area contributed by atoms with Crippen LogP contribution in [0.3, 0.4) is 0 Å². The molecule has 2 aromatic carbocycles. The molecule has 0 radical (unpaired) electrons. The van der Waals surface area contributed by atoms with Crippen LogP contribution >= 0.6 is 0 Å². The first kappa shape index (κ1) is 15.3. The molecule has 6 nitrogen and oxygen atoms in total. The van der Waals surface area contributed by atoms with Gasteiger partial charge in [-0.25, -0.2) is 4.79 Å². The van der Waals surface area contributed by atoms with Crippen molar-refractivity contribution in [3.8, 4) is 28.4 Å². The van der Waals surface area contributed by atoms with Crippen molar-refractivity contribution in [3.63, 3.8) is 0 Å². The zero-order valence-corrected chi connectivity index (χ0v) is 13.6. The van der Waals surface area contributed by atoms with Crippen molar-refractivity contribution in [2.45, 2.75) is 13.8 Å². The van der Waals surface area contributed by atoms with E-state index in [1.807, 2.05) is 6.92 Å². The molecule has 1 aliphatic rings. The molecule has 1 aliphatic heterocycles. The molecule has 0 bridgehead atoms. The SMILES string of the molecule is CC(=O)Oc1ccc2oc(=O)c(-c3ccc4c(c3)OCO4)c(C)c2c1. The highest BCUT2D eigenvalue weighted by Gasteiger charge is 2.19. The van der Waals surface area contributed by atoms with Gasteiger partial charge in [-0.05, 0) is 48.4 Å². The van der Waals surface area contributed by atoms with Gasteiger partial charge in [0.15, 0.2) is 11.5 Å². The van der Waals surface area contributed by atoms with Crippen molar-refractivity contribution < 1.29 is 23.4 Å². The normalized spacial score (nSPS) is 12.4. The molecule has 2 heterocycles. The first-order valence-corrected chi connectivity index (χ1v) is 7.69. The van der Waals surface area contributed by atoms with E-state index in [-0.39, 0.29) is 6.79 Å². The number of esters is 1. The Balaban J connectivity index is 1.91. The molecule has 1 aromatic heterocycles. The monoisotopic (exact) mass is 338 g/mol. The minimum atomic E-state index is -0.441. The number of ether oxygens (including phenoxy) is 3.